The fraction of sp³-hybridized carbons (Fsp3) is 0.273. The molecule has 0 radical (unpaired) electrons. The zero-order valence-electron chi connectivity index (χ0n) is 9.25. The summed E-state index contributed by atoms with van der Waals surface area (Å²) in [6.45, 7) is -3.04. The van der Waals surface area contributed by atoms with Gasteiger partial charge in [-0.2, -0.15) is 14.0 Å². The second kappa shape index (κ2) is 6.31. The van der Waals surface area contributed by atoms with Crippen LogP contribution in [0.25, 0.3) is 0 Å². The van der Waals surface area contributed by atoms with Crippen LogP contribution in [0.15, 0.2) is 16.6 Å². The summed E-state index contributed by atoms with van der Waals surface area (Å²) in [6, 6.07) is 4.37. The summed E-state index contributed by atoms with van der Waals surface area (Å²) in [4.78, 5) is 11.2. The first-order chi connectivity index (χ1) is 8.47. The SMILES string of the molecule is COC(=O)Cc1c(Br)cc(C#N)cc1OC(F)F. The Balaban J connectivity index is 3.20. The van der Waals surface area contributed by atoms with Crippen LogP contribution in [-0.2, 0) is 16.0 Å². The Hall–Kier alpha value is -1.68. The first kappa shape index (κ1) is 14.4. The maximum atomic E-state index is 12.3. The molecular formula is C11H8BrF2NO3. The Labute approximate surface area is 110 Å². The number of carbonyl (C=O) groups is 1. The molecule has 0 N–H and O–H groups in total. The van der Waals surface area contributed by atoms with Crippen molar-refractivity contribution < 1.29 is 23.0 Å². The Kier molecular flexibility index (Phi) is 5.04. The van der Waals surface area contributed by atoms with Gasteiger partial charge in [-0.05, 0) is 12.1 Å². The number of nitriles is 1. The summed E-state index contributed by atoms with van der Waals surface area (Å²) in [6.07, 6.45) is -0.231. The molecule has 0 aliphatic carbocycles. The summed E-state index contributed by atoms with van der Waals surface area (Å²) in [5.41, 5.74) is 0.354. The van der Waals surface area contributed by atoms with Crippen LogP contribution in [-0.4, -0.2) is 19.7 Å². The van der Waals surface area contributed by atoms with E-state index in [1.165, 1.54) is 13.2 Å². The van der Waals surface area contributed by atoms with Gasteiger partial charge in [0.2, 0.25) is 0 Å². The quantitative estimate of drug-likeness (QED) is 0.800. The molecule has 0 aromatic heterocycles. The van der Waals surface area contributed by atoms with E-state index in [1.807, 2.05) is 0 Å². The average molecular weight is 320 g/mol. The smallest absolute Gasteiger partial charge is 0.387 e. The molecule has 1 rings (SSSR count). The van der Waals surface area contributed by atoms with Crippen LogP contribution in [0.3, 0.4) is 0 Å². The van der Waals surface area contributed by atoms with Crippen LogP contribution in [0.2, 0.25) is 0 Å². The molecule has 7 heteroatoms. The van der Waals surface area contributed by atoms with Gasteiger partial charge in [0.1, 0.15) is 5.75 Å². The molecule has 18 heavy (non-hydrogen) atoms. The highest BCUT2D eigenvalue weighted by Gasteiger charge is 2.17. The normalized spacial score (nSPS) is 10.0. The highest BCUT2D eigenvalue weighted by molar-refractivity contribution is 9.10. The second-order valence-electron chi connectivity index (χ2n) is 3.18. The van der Waals surface area contributed by atoms with E-state index in [2.05, 4.69) is 25.4 Å². The number of halogens is 3. The minimum Gasteiger partial charge on any atom is -0.469 e. The molecule has 0 spiro atoms. The van der Waals surface area contributed by atoms with Crippen LogP contribution < -0.4 is 4.74 Å². The number of benzene rings is 1. The van der Waals surface area contributed by atoms with E-state index in [0.29, 0.717) is 4.47 Å². The van der Waals surface area contributed by atoms with Gasteiger partial charge in [-0.1, -0.05) is 15.9 Å². The summed E-state index contributed by atoms with van der Waals surface area (Å²) < 4.78 is 33.6. The lowest BCUT2D eigenvalue weighted by molar-refractivity contribution is -0.139. The lowest BCUT2D eigenvalue weighted by Crippen LogP contribution is -2.10. The molecular weight excluding hydrogens is 312 g/mol. The largest absolute Gasteiger partial charge is 0.469 e. The van der Waals surface area contributed by atoms with Crippen molar-refractivity contribution in [3.05, 3.63) is 27.7 Å². The van der Waals surface area contributed by atoms with Gasteiger partial charge in [-0.25, -0.2) is 0 Å². The summed E-state index contributed by atoms with van der Waals surface area (Å²) >= 11 is 3.10. The van der Waals surface area contributed by atoms with Crippen molar-refractivity contribution in [1.29, 1.82) is 5.26 Å². The minimum atomic E-state index is -3.04. The molecule has 0 aliphatic heterocycles. The van der Waals surface area contributed by atoms with Crippen molar-refractivity contribution >= 4 is 21.9 Å². The Bertz CT molecular complexity index is 500. The second-order valence-corrected chi connectivity index (χ2v) is 4.03. The molecule has 1 aromatic rings. The van der Waals surface area contributed by atoms with Crippen molar-refractivity contribution in [2.45, 2.75) is 13.0 Å². The van der Waals surface area contributed by atoms with E-state index in [9.17, 15) is 13.6 Å². The molecule has 0 amide bonds. The number of hydrogen-bond donors (Lipinski definition) is 0. The van der Waals surface area contributed by atoms with Crippen molar-refractivity contribution in [2.24, 2.45) is 0 Å². The fourth-order valence-electron chi connectivity index (χ4n) is 1.27. The predicted octanol–water partition coefficient (Wildman–Crippen LogP) is 2.64. The summed E-state index contributed by atoms with van der Waals surface area (Å²) in [5.74, 6) is -0.819. The summed E-state index contributed by atoms with van der Waals surface area (Å²) in [5, 5.41) is 8.73. The standard InChI is InChI=1S/C11H8BrF2NO3/c1-17-10(16)4-7-8(12)2-6(5-15)3-9(7)18-11(13)14/h2-3,11H,4H2,1H3. The number of alkyl halides is 2. The van der Waals surface area contributed by atoms with Gasteiger partial charge in [0, 0.05) is 10.0 Å². The van der Waals surface area contributed by atoms with Gasteiger partial charge in [-0.15, -0.1) is 0 Å². The molecule has 0 unspecified atom stereocenters. The highest BCUT2D eigenvalue weighted by Crippen LogP contribution is 2.30. The lowest BCUT2D eigenvalue weighted by Gasteiger charge is -2.12. The fourth-order valence-corrected chi connectivity index (χ4v) is 1.85. The van der Waals surface area contributed by atoms with Crippen molar-refractivity contribution in [3.8, 4) is 11.8 Å². The summed E-state index contributed by atoms with van der Waals surface area (Å²) in [7, 11) is 1.19. The van der Waals surface area contributed by atoms with Crippen molar-refractivity contribution in [2.75, 3.05) is 7.11 Å². The molecule has 96 valence electrons. The van der Waals surface area contributed by atoms with E-state index >= 15 is 0 Å². The first-order valence-corrected chi connectivity index (χ1v) is 5.51. The number of rotatable bonds is 4. The van der Waals surface area contributed by atoms with Gasteiger partial charge >= 0.3 is 12.6 Å². The van der Waals surface area contributed by atoms with Crippen LogP contribution in [0.4, 0.5) is 8.78 Å². The van der Waals surface area contributed by atoms with Crippen molar-refractivity contribution in [3.63, 3.8) is 0 Å². The number of methoxy groups -OCH3 is 1. The maximum absolute atomic E-state index is 12.3. The predicted molar refractivity (Wildman–Crippen MR) is 61.2 cm³/mol. The first-order valence-electron chi connectivity index (χ1n) is 4.72. The number of esters is 1. The molecule has 0 atom stereocenters. The molecule has 1 aromatic carbocycles. The third-order valence-electron chi connectivity index (χ3n) is 2.05. The van der Waals surface area contributed by atoms with E-state index in [0.717, 1.165) is 6.07 Å². The number of hydrogen-bond acceptors (Lipinski definition) is 4. The van der Waals surface area contributed by atoms with Crippen molar-refractivity contribution in [1.82, 2.24) is 0 Å². The third kappa shape index (κ3) is 3.67. The maximum Gasteiger partial charge on any atom is 0.387 e. The van der Waals surface area contributed by atoms with Gasteiger partial charge in [0.25, 0.3) is 0 Å². The van der Waals surface area contributed by atoms with Gasteiger partial charge < -0.3 is 9.47 Å². The van der Waals surface area contributed by atoms with Crippen LogP contribution in [0.1, 0.15) is 11.1 Å². The lowest BCUT2D eigenvalue weighted by atomic mass is 10.1. The van der Waals surface area contributed by atoms with Crippen LogP contribution in [0.5, 0.6) is 5.75 Å². The van der Waals surface area contributed by atoms with E-state index in [-0.39, 0.29) is 23.3 Å². The van der Waals surface area contributed by atoms with Crippen LogP contribution in [0, 0.1) is 11.3 Å². The average Bonchev–Trinajstić information content (AvgIpc) is 2.32. The number of carbonyl (C=O) groups excluding carboxylic acids is 1. The highest BCUT2D eigenvalue weighted by atomic mass is 79.9. The third-order valence-corrected chi connectivity index (χ3v) is 2.76. The van der Waals surface area contributed by atoms with E-state index in [4.69, 9.17) is 5.26 Å². The minimum absolute atomic E-state index is 0.145. The molecule has 0 bridgehead atoms. The zero-order valence-corrected chi connectivity index (χ0v) is 10.8. The molecule has 0 heterocycles. The number of ether oxygens (including phenoxy) is 2. The van der Waals surface area contributed by atoms with Gasteiger partial charge in [0.05, 0.1) is 25.2 Å². The van der Waals surface area contributed by atoms with Crippen LogP contribution >= 0.6 is 15.9 Å². The molecule has 0 fully saturated rings. The monoisotopic (exact) mass is 319 g/mol. The molecule has 0 saturated heterocycles. The Morgan fingerprint density at radius 1 is 1.56 bits per heavy atom. The van der Waals surface area contributed by atoms with E-state index < -0.39 is 12.6 Å². The van der Waals surface area contributed by atoms with Gasteiger partial charge in [-0.3, -0.25) is 4.79 Å². The Morgan fingerprint density at radius 3 is 2.72 bits per heavy atom. The molecule has 4 nitrogen and oxygen atoms in total. The topological polar surface area (TPSA) is 59.3 Å². The van der Waals surface area contributed by atoms with E-state index in [1.54, 1.807) is 6.07 Å². The zero-order chi connectivity index (χ0) is 13.7. The number of nitrogens with zero attached hydrogens (tertiary/aromatic N) is 1. The van der Waals surface area contributed by atoms with Gasteiger partial charge in [0.15, 0.2) is 0 Å². The Morgan fingerprint density at radius 2 is 2.22 bits per heavy atom. The molecule has 0 aliphatic rings. The molecule has 0 saturated carbocycles.